The second-order valence-corrected chi connectivity index (χ2v) is 6.05. The number of ether oxygens (including phenoxy) is 1. The number of anilines is 1. The number of carbonyl (C=O) groups is 2. The van der Waals surface area contributed by atoms with Gasteiger partial charge < -0.3 is 10.1 Å². The van der Waals surface area contributed by atoms with Crippen LogP contribution in [0.4, 0.5) is 5.69 Å². The Labute approximate surface area is 139 Å². The lowest BCUT2D eigenvalue weighted by Crippen LogP contribution is -2.27. The normalized spacial score (nSPS) is 14.9. The maximum atomic E-state index is 12.6. The van der Waals surface area contributed by atoms with Gasteiger partial charge in [-0.3, -0.25) is 4.79 Å². The number of hydrogen-bond acceptors (Lipinski definition) is 3. The van der Waals surface area contributed by atoms with Gasteiger partial charge in [0.25, 0.3) is 0 Å². The number of amides is 1. The highest BCUT2D eigenvalue weighted by molar-refractivity contribution is 6.30. The molecule has 0 spiro atoms. The van der Waals surface area contributed by atoms with Crippen molar-refractivity contribution in [2.75, 3.05) is 12.4 Å². The highest BCUT2D eigenvalue weighted by atomic mass is 35.5. The lowest BCUT2D eigenvalue weighted by atomic mass is 9.95. The van der Waals surface area contributed by atoms with Crippen LogP contribution in [0.3, 0.4) is 0 Å². The van der Waals surface area contributed by atoms with Crippen molar-refractivity contribution in [1.82, 2.24) is 0 Å². The van der Waals surface area contributed by atoms with Crippen molar-refractivity contribution in [3.63, 3.8) is 0 Å². The molecular formula is C18H16ClNO3. The van der Waals surface area contributed by atoms with E-state index in [4.69, 9.17) is 11.6 Å². The predicted molar refractivity (Wildman–Crippen MR) is 88.8 cm³/mol. The Morgan fingerprint density at radius 1 is 1.13 bits per heavy atom. The Bertz CT molecular complexity index is 751. The second kappa shape index (κ2) is 6.05. The van der Waals surface area contributed by atoms with E-state index < -0.39 is 11.4 Å². The molecule has 118 valence electrons. The number of halogens is 1. The van der Waals surface area contributed by atoms with Crippen LogP contribution in [0.1, 0.15) is 28.8 Å². The van der Waals surface area contributed by atoms with Crippen molar-refractivity contribution in [3.05, 3.63) is 64.7 Å². The van der Waals surface area contributed by atoms with E-state index in [0.29, 0.717) is 16.3 Å². The standard InChI is InChI=1S/C18H16ClNO3/c1-23-16(21)12-5-7-15(8-6-12)20-17(22)18(9-10-18)13-3-2-4-14(19)11-13/h2-8,11H,9-10H2,1H3,(H,20,22). The SMILES string of the molecule is COC(=O)c1ccc(NC(=O)C2(c3cccc(Cl)c3)CC2)cc1. The van der Waals surface area contributed by atoms with Gasteiger partial charge in [0.05, 0.1) is 18.1 Å². The lowest BCUT2D eigenvalue weighted by Gasteiger charge is -2.16. The molecule has 1 fully saturated rings. The van der Waals surface area contributed by atoms with E-state index in [1.54, 1.807) is 30.3 Å². The molecule has 0 aliphatic heterocycles. The van der Waals surface area contributed by atoms with Crippen LogP contribution in [0.15, 0.2) is 48.5 Å². The summed E-state index contributed by atoms with van der Waals surface area (Å²) in [5, 5.41) is 3.54. The van der Waals surface area contributed by atoms with Crippen LogP contribution in [0.5, 0.6) is 0 Å². The Morgan fingerprint density at radius 3 is 2.39 bits per heavy atom. The molecule has 1 saturated carbocycles. The van der Waals surface area contributed by atoms with Crippen LogP contribution < -0.4 is 5.32 Å². The van der Waals surface area contributed by atoms with Gasteiger partial charge in [-0.15, -0.1) is 0 Å². The summed E-state index contributed by atoms with van der Waals surface area (Å²) in [6, 6.07) is 14.1. The quantitative estimate of drug-likeness (QED) is 0.868. The number of rotatable bonds is 4. The summed E-state index contributed by atoms with van der Waals surface area (Å²) in [4.78, 5) is 24.0. The van der Waals surface area contributed by atoms with Gasteiger partial charge in [-0.1, -0.05) is 23.7 Å². The van der Waals surface area contributed by atoms with Gasteiger partial charge in [0.1, 0.15) is 0 Å². The summed E-state index contributed by atoms with van der Waals surface area (Å²) in [7, 11) is 1.33. The molecule has 4 nitrogen and oxygen atoms in total. The number of nitrogens with one attached hydrogen (secondary N) is 1. The molecule has 0 saturated heterocycles. The smallest absolute Gasteiger partial charge is 0.337 e. The molecule has 0 aromatic heterocycles. The Morgan fingerprint density at radius 2 is 1.83 bits per heavy atom. The topological polar surface area (TPSA) is 55.4 Å². The molecule has 0 unspecified atom stereocenters. The number of carbonyl (C=O) groups excluding carboxylic acids is 2. The van der Waals surface area contributed by atoms with E-state index in [1.807, 2.05) is 18.2 Å². The predicted octanol–water partition coefficient (Wildman–Crippen LogP) is 3.80. The van der Waals surface area contributed by atoms with Gasteiger partial charge in [-0.05, 0) is 54.8 Å². The average Bonchev–Trinajstić information content (AvgIpc) is 3.37. The molecule has 2 aromatic rings. The van der Waals surface area contributed by atoms with Crippen LogP contribution in [-0.4, -0.2) is 19.0 Å². The van der Waals surface area contributed by atoms with Crippen molar-refractivity contribution < 1.29 is 14.3 Å². The van der Waals surface area contributed by atoms with E-state index in [0.717, 1.165) is 18.4 Å². The Hall–Kier alpha value is -2.33. The van der Waals surface area contributed by atoms with E-state index in [-0.39, 0.29) is 5.91 Å². The maximum Gasteiger partial charge on any atom is 0.337 e. The fourth-order valence-corrected chi connectivity index (χ4v) is 2.81. The zero-order valence-electron chi connectivity index (χ0n) is 12.6. The van der Waals surface area contributed by atoms with E-state index >= 15 is 0 Å². The molecule has 5 heteroatoms. The number of benzene rings is 2. The summed E-state index contributed by atoms with van der Waals surface area (Å²) in [6.07, 6.45) is 1.61. The van der Waals surface area contributed by atoms with E-state index in [1.165, 1.54) is 7.11 Å². The van der Waals surface area contributed by atoms with Crippen molar-refractivity contribution in [1.29, 1.82) is 0 Å². The summed E-state index contributed by atoms with van der Waals surface area (Å²) in [6.45, 7) is 0. The zero-order chi connectivity index (χ0) is 16.4. The molecule has 1 aliphatic carbocycles. The van der Waals surface area contributed by atoms with Crippen LogP contribution in [0.25, 0.3) is 0 Å². The molecule has 1 amide bonds. The van der Waals surface area contributed by atoms with Crippen LogP contribution in [-0.2, 0) is 14.9 Å². The average molecular weight is 330 g/mol. The molecule has 3 rings (SSSR count). The molecule has 0 radical (unpaired) electrons. The summed E-state index contributed by atoms with van der Waals surface area (Å²) in [5.74, 6) is -0.453. The Balaban J connectivity index is 1.75. The first-order valence-electron chi connectivity index (χ1n) is 7.31. The molecule has 0 heterocycles. The molecule has 1 aliphatic rings. The fourth-order valence-electron chi connectivity index (χ4n) is 2.62. The summed E-state index contributed by atoms with van der Waals surface area (Å²) >= 11 is 6.03. The molecule has 2 aromatic carbocycles. The first-order chi connectivity index (χ1) is 11.0. The van der Waals surface area contributed by atoms with Gasteiger partial charge in [0, 0.05) is 10.7 Å². The molecular weight excluding hydrogens is 314 g/mol. The van der Waals surface area contributed by atoms with Crippen molar-refractivity contribution in [3.8, 4) is 0 Å². The monoisotopic (exact) mass is 329 g/mol. The van der Waals surface area contributed by atoms with Crippen LogP contribution in [0, 0.1) is 0 Å². The maximum absolute atomic E-state index is 12.6. The molecule has 23 heavy (non-hydrogen) atoms. The number of methoxy groups -OCH3 is 1. The largest absolute Gasteiger partial charge is 0.465 e. The van der Waals surface area contributed by atoms with Crippen molar-refractivity contribution in [2.45, 2.75) is 18.3 Å². The molecule has 0 atom stereocenters. The zero-order valence-corrected chi connectivity index (χ0v) is 13.4. The minimum absolute atomic E-state index is 0.0504. The van der Waals surface area contributed by atoms with Crippen LogP contribution in [0.2, 0.25) is 5.02 Å². The third-order valence-corrected chi connectivity index (χ3v) is 4.36. The van der Waals surface area contributed by atoms with E-state index in [2.05, 4.69) is 10.1 Å². The van der Waals surface area contributed by atoms with Crippen molar-refractivity contribution >= 4 is 29.2 Å². The van der Waals surface area contributed by atoms with Gasteiger partial charge in [0.15, 0.2) is 0 Å². The highest BCUT2D eigenvalue weighted by Crippen LogP contribution is 2.49. The third kappa shape index (κ3) is 3.08. The fraction of sp³-hybridized carbons (Fsp3) is 0.222. The summed E-state index contributed by atoms with van der Waals surface area (Å²) in [5.41, 5.74) is 1.54. The van der Waals surface area contributed by atoms with Gasteiger partial charge in [0.2, 0.25) is 5.91 Å². The first kappa shape index (κ1) is 15.6. The highest BCUT2D eigenvalue weighted by Gasteiger charge is 2.51. The minimum atomic E-state index is -0.494. The third-order valence-electron chi connectivity index (χ3n) is 4.13. The number of hydrogen-bond donors (Lipinski definition) is 1. The Kier molecular flexibility index (Phi) is 4.09. The first-order valence-corrected chi connectivity index (χ1v) is 7.69. The van der Waals surface area contributed by atoms with Gasteiger partial charge in [-0.2, -0.15) is 0 Å². The minimum Gasteiger partial charge on any atom is -0.465 e. The number of esters is 1. The van der Waals surface area contributed by atoms with Crippen molar-refractivity contribution in [2.24, 2.45) is 0 Å². The molecule has 1 N–H and O–H groups in total. The van der Waals surface area contributed by atoms with Crippen LogP contribution >= 0.6 is 11.6 Å². The summed E-state index contributed by atoms with van der Waals surface area (Å²) < 4.78 is 4.65. The van der Waals surface area contributed by atoms with E-state index in [9.17, 15) is 9.59 Å². The van der Waals surface area contributed by atoms with Gasteiger partial charge >= 0.3 is 5.97 Å². The second-order valence-electron chi connectivity index (χ2n) is 5.62. The lowest BCUT2D eigenvalue weighted by molar-refractivity contribution is -0.118. The van der Waals surface area contributed by atoms with Gasteiger partial charge in [-0.25, -0.2) is 4.79 Å². The molecule has 0 bridgehead atoms.